The number of piperidine rings is 1. The molecule has 0 bridgehead atoms. The van der Waals surface area contributed by atoms with E-state index in [-0.39, 0.29) is 23.6 Å². The predicted molar refractivity (Wildman–Crippen MR) is 84.4 cm³/mol. The first-order chi connectivity index (χ1) is 10.1. The molecule has 1 amide bonds. The number of methoxy groups -OCH3 is 1. The zero-order valence-corrected chi connectivity index (χ0v) is 12.9. The second-order valence-electron chi connectivity index (χ2n) is 4.99. The Morgan fingerprint density at radius 2 is 2.24 bits per heavy atom. The first-order valence-electron chi connectivity index (χ1n) is 6.94. The van der Waals surface area contributed by atoms with Crippen LogP contribution in [0.25, 0.3) is 0 Å². The zero-order valence-electron chi connectivity index (χ0n) is 12.1. The molecule has 21 heavy (non-hydrogen) atoms. The fourth-order valence-electron chi connectivity index (χ4n) is 2.38. The van der Waals surface area contributed by atoms with Crippen molar-refractivity contribution in [3.8, 4) is 5.75 Å². The van der Waals surface area contributed by atoms with E-state index in [1.54, 1.807) is 24.1 Å². The number of para-hydroxylation sites is 1. The van der Waals surface area contributed by atoms with Gasteiger partial charge in [-0.25, -0.2) is 0 Å². The molecule has 0 aromatic heterocycles. The van der Waals surface area contributed by atoms with Crippen molar-refractivity contribution in [1.82, 2.24) is 4.90 Å². The van der Waals surface area contributed by atoms with Crippen LogP contribution in [-0.2, 0) is 9.53 Å². The molecule has 0 spiro atoms. The molecule has 2 rings (SSSR count). The Hall–Kier alpha value is -1.66. The van der Waals surface area contributed by atoms with E-state index in [0.717, 1.165) is 19.4 Å². The van der Waals surface area contributed by atoms with E-state index in [2.05, 4.69) is 0 Å². The number of likely N-dealkylation sites (tertiary alicyclic amines) is 1. The van der Waals surface area contributed by atoms with Crippen LogP contribution >= 0.6 is 12.2 Å². The third kappa shape index (κ3) is 4.15. The van der Waals surface area contributed by atoms with Crippen molar-refractivity contribution in [2.24, 2.45) is 5.73 Å². The number of rotatable bonds is 5. The molecule has 0 radical (unpaired) electrons. The average molecular weight is 308 g/mol. The quantitative estimate of drug-likeness (QED) is 0.832. The van der Waals surface area contributed by atoms with E-state index in [9.17, 15) is 4.79 Å². The molecule has 1 aliphatic heterocycles. The fourth-order valence-corrected chi connectivity index (χ4v) is 2.55. The minimum atomic E-state index is -0.0468. The summed E-state index contributed by atoms with van der Waals surface area (Å²) in [6, 6.07) is 7.19. The van der Waals surface area contributed by atoms with E-state index in [4.69, 9.17) is 27.4 Å². The third-order valence-electron chi connectivity index (χ3n) is 3.57. The maximum atomic E-state index is 12.2. The van der Waals surface area contributed by atoms with Crippen molar-refractivity contribution in [2.75, 3.05) is 26.8 Å². The summed E-state index contributed by atoms with van der Waals surface area (Å²) in [6.07, 6.45) is 2.06. The summed E-state index contributed by atoms with van der Waals surface area (Å²) in [5.41, 5.74) is 6.29. The SMILES string of the molecule is COC1CCCN(C(=O)COc2ccccc2C(N)=S)C1. The van der Waals surface area contributed by atoms with Crippen LogP contribution in [0.15, 0.2) is 24.3 Å². The highest BCUT2D eigenvalue weighted by Crippen LogP contribution is 2.18. The fraction of sp³-hybridized carbons (Fsp3) is 0.467. The Balaban J connectivity index is 1.94. The summed E-state index contributed by atoms with van der Waals surface area (Å²) in [6.45, 7) is 1.35. The largest absolute Gasteiger partial charge is 0.483 e. The lowest BCUT2D eigenvalue weighted by atomic mass is 10.1. The lowest BCUT2D eigenvalue weighted by molar-refractivity contribution is -0.136. The Labute approximate surface area is 130 Å². The van der Waals surface area contributed by atoms with Crippen LogP contribution in [0, 0.1) is 0 Å². The predicted octanol–water partition coefficient (Wildman–Crippen LogP) is 1.34. The first kappa shape index (κ1) is 15.7. The summed E-state index contributed by atoms with van der Waals surface area (Å²) in [5, 5.41) is 0. The topological polar surface area (TPSA) is 64.8 Å². The lowest BCUT2D eigenvalue weighted by Gasteiger charge is -2.31. The molecule has 2 N–H and O–H groups in total. The van der Waals surface area contributed by atoms with Crippen molar-refractivity contribution >= 4 is 23.1 Å². The van der Waals surface area contributed by atoms with Gasteiger partial charge in [0, 0.05) is 20.2 Å². The van der Waals surface area contributed by atoms with Gasteiger partial charge >= 0.3 is 0 Å². The van der Waals surface area contributed by atoms with Gasteiger partial charge in [0.15, 0.2) is 6.61 Å². The Bertz CT molecular complexity index is 521. The van der Waals surface area contributed by atoms with Gasteiger partial charge in [-0.05, 0) is 25.0 Å². The second kappa shape index (κ2) is 7.38. The Kier molecular flexibility index (Phi) is 5.52. The molecule has 114 valence electrons. The number of carbonyl (C=O) groups is 1. The van der Waals surface area contributed by atoms with Gasteiger partial charge < -0.3 is 20.1 Å². The molecular formula is C15H20N2O3S. The molecule has 1 fully saturated rings. The molecule has 0 saturated carbocycles. The second-order valence-corrected chi connectivity index (χ2v) is 5.43. The summed E-state index contributed by atoms with van der Waals surface area (Å²) < 4.78 is 10.9. The Morgan fingerprint density at radius 3 is 2.95 bits per heavy atom. The molecule has 1 saturated heterocycles. The van der Waals surface area contributed by atoms with Crippen LogP contribution in [0.2, 0.25) is 0 Å². The van der Waals surface area contributed by atoms with Gasteiger partial charge in [0.1, 0.15) is 10.7 Å². The first-order valence-corrected chi connectivity index (χ1v) is 7.35. The molecule has 0 aliphatic carbocycles. The minimum absolute atomic E-state index is 0.0178. The van der Waals surface area contributed by atoms with Crippen molar-refractivity contribution in [3.05, 3.63) is 29.8 Å². The number of amides is 1. The van der Waals surface area contributed by atoms with Crippen molar-refractivity contribution in [1.29, 1.82) is 0 Å². The van der Waals surface area contributed by atoms with Gasteiger partial charge in [-0.1, -0.05) is 24.4 Å². The number of thiocarbonyl (C=S) groups is 1. The zero-order chi connectivity index (χ0) is 15.2. The number of nitrogens with two attached hydrogens (primary N) is 1. The van der Waals surface area contributed by atoms with E-state index in [0.29, 0.717) is 17.9 Å². The molecule has 1 aromatic carbocycles. The van der Waals surface area contributed by atoms with Gasteiger partial charge in [-0.3, -0.25) is 4.79 Å². The minimum Gasteiger partial charge on any atom is -0.483 e. The standard InChI is InChI=1S/C15H20N2O3S/c1-19-11-5-4-8-17(9-11)14(18)10-20-13-7-3-2-6-12(13)15(16)21/h2-3,6-7,11H,4-5,8-10H2,1H3,(H2,16,21). The van der Waals surface area contributed by atoms with Gasteiger partial charge in [-0.2, -0.15) is 0 Å². The lowest BCUT2D eigenvalue weighted by Crippen LogP contribution is -2.44. The molecule has 5 nitrogen and oxygen atoms in total. The molecular weight excluding hydrogens is 288 g/mol. The summed E-state index contributed by atoms with van der Waals surface area (Å²) in [5.74, 6) is 0.494. The smallest absolute Gasteiger partial charge is 0.260 e. The molecule has 1 aliphatic rings. The number of carbonyl (C=O) groups excluding carboxylic acids is 1. The van der Waals surface area contributed by atoms with Crippen molar-refractivity contribution < 1.29 is 14.3 Å². The summed E-state index contributed by atoms with van der Waals surface area (Å²) in [7, 11) is 1.67. The van der Waals surface area contributed by atoms with Crippen molar-refractivity contribution in [2.45, 2.75) is 18.9 Å². The van der Waals surface area contributed by atoms with E-state index in [1.807, 2.05) is 12.1 Å². The number of ether oxygens (including phenoxy) is 2. The summed E-state index contributed by atoms with van der Waals surface area (Å²) in [4.78, 5) is 14.2. The van der Waals surface area contributed by atoms with Crippen molar-refractivity contribution in [3.63, 3.8) is 0 Å². The van der Waals surface area contributed by atoms with Crippen LogP contribution in [0.4, 0.5) is 0 Å². The number of hydrogen-bond donors (Lipinski definition) is 1. The molecule has 6 heteroatoms. The van der Waals surface area contributed by atoms with E-state index in [1.165, 1.54) is 0 Å². The molecule has 1 aromatic rings. The maximum Gasteiger partial charge on any atom is 0.260 e. The van der Waals surface area contributed by atoms with Gasteiger partial charge in [0.2, 0.25) is 0 Å². The average Bonchev–Trinajstić information content (AvgIpc) is 2.52. The normalized spacial score (nSPS) is 18.3. The van der Waals surface area contributed by atoms with Crippen LogP contribution in [0.3, 0.4) is 0 Å². The van der Waals surface area contributed by atoms with Crippen LogP contribution in [-0.4, -0.2) is 48.7 Å². The third-order valence-corrected chi connectivity index (χ3v) is 3.79. The highest BCUT2D eigenvalue weighted by Gasteiger charge is 2.23. The van der Waals surface area contributed by atoms with Gasteiger partial charge in [-0.15, -0.1) is 0 Å². The van der Waals surface area contributed by atoms with Crippen LogP contribution < -0.4 is 10.5 Å². The number of benzene rings is 1. The van der Waals surface area contributed by atoms with E-state index >= 15 is 0 Å². The monoisotopic (exact) mass is 308 g/mol. The van der Waals surface area contributed by atoms with Gasteiger partial charge in [0.25, 0.3) is 5.91 Å². The Morgan fingerprint density at radius 1 is 1.48 bits per heavy atom. The van der Waals surface area contributed by atoms with Crippen LogP contribution in [0.5, 0.6) is 5.75 Å². The molecule has 1 unspecified atom stereocenters. The van der Waals surface area contributed by atoms with Crippen LogP contribution in [0.1, 0.15) is 18.4 Å². The maximum absolute atomic E-state index is 12.2. The highest BCUT2D eigenvalue weighted by atomic mass is 32.1. The summed E-state index contributed by atoms with van der Waals surface area (Å²) >= 11 is 4.97. The molecule has 1 heterocycles. The number of nitrogens with zero attached hydrogens (tertiary/aromatic N) is 1. The highest BCUT2D eigenvalue weighted by molar-refractivity contribution is 7.80. The van der Waals surface area contributed by atoms with E-state index < -0.39 is 0 Å². The molecule has 1 atom stereocenters. The number of hydrogen-bond acceptors (Lipinski definition) is 4. The van der Waals surface area contributed by atoms with Gasteiger partial charge in [0.05, 0.1) is 11.7 Å².